The molecule has 2 N–H and O–H groups in total. The van der Waals surface area contributed by atoms with E-state index < -0.39 is 21.9 Å². The number of halogens is 1. The van der Waals surface area contributed by atoms with Crippen molar-refractivity contribution < 1.29 is 27.4 Å². The highest BCUT2D eigenvalue weighted by molar-refractivity contribution is 8.00. The van der Waals surface area contributed by atoms with Crippen molar-refractivity contribution in [3.63, 3.8) is 0 Å². The highest BCUT2D eigenvalue weighted by Crippen LogP contribution is 2.40. The number of aliphatic hydroxyl groups excluding tert-OH is 1. The fourth-order valence-electron chi connectivity index (χ4n) is 3.19. The minimum Gasteiger partial charge on any atom is -0.492 e. The first-order valence-electron chi connectivity index (χ1n) is 10.7. The first-order valence-corrected chi connectivity index (χ1v) is 13.2. The largest absolute Gasteiger partial charge is 0.492 e. The number of anilines is 1. The fourth-order valence-corrected chi connectivity index (χ4v) is 4.86. The van der Waals surface area contributed by atoms with Gasteiger partial charge in [0.1, 0.15) is 18.0 Å². The molecule has 0 aliphatic carbocycles. The van der Waals surface area contributed by atoms with Gasteiger partial charge in [0.15, 0.2) is 11.6 Å². The summed E-state index contributed by atoms with van der Waals surface area (Å²) in [5.41, 5.74) is 1.55. The summed E-state index contributed by atoms with van der Waals surface area (Å²) in [6.45, 7) is 9.47. The minimum atomic E-state index is -3.66. The van der Waals surface area contributed by atoms with Crippen molar-refractivity contribution in [3.05, 3.63) is 36.4 Å². The molecule has 3 rings (SSSR count). The van der Waals surface area contributed by atoms with E-state index in [0.29, 0.717) is 22.7 Å². The summed E-state index contributed by atoms with van der Waals surface area (Å²) in [4.78, 5) is 5.25. The molecule has 0 saturated heterocycles. The zero-order valence-corrected chi connectivity index (χ0v) is 21.7. The maximum absolute atomic E-state index is 14.9. The molecule has 0 amide bonds. The molecule has 0 fully saturated rings. The second-order valence-electron chi connectivity index (χ2n) is 8.79. The molecule has 11 heteroatoms. The normalized spacial score (nSPS) is 13.2. The van der Waals surface area contributed by atoms with Gasteiger partial charge in [-0.25, -0.2) is 17.8 Å². The van der Waals surface area contributed by atoms with E-state index in [0.717, 1.165) is 4.90 Å². The molecule has 186 valence electrons. The average Bonchev–Trinajstić information content (AvgIpc) is 3.13. The van der Waals surface area contributed by atoms with E-state index in [2.05, 4.69) is 30.5 Å². The smallest absolute Gasteiger partial charge is 0.232 e. The molecular formula is C23H30FN3O5S2. The number of pyridine rings is 1. The Balaban J connectivity index is 2.16. The van der Waals surface area contributed by atoms with E-state index in [1.165, 1.54) is 26.2 Å². The summed E-state index contributed by atoms with van der Waals surface area (Å²) in [6.07, 6.45) is 2.80. The van der Waals surface area contributed by atoms with Crippen molar-refractivity contribution in [2.75, 3.05) is 24.2 Å². The van der Waals surface area contributed by atoms with E-state index in [4.69, 9.17) is 9.47 Å². The van der Waals surface area contributed by atoms with Crippen molar-refractivity contribution >= 4 is 33.1 Å². The highest BCUT2D eigenvalue weighted by Gasteiger charge is 2.21. The molecule has 8 nitrogen and oxygen atoms in total. The van der Waals surface area contributed by atoms with Gasteiger partial charge < -0.3 is 14.6 Å². The van der Waals surface area contributed by atoms with Gasteiger partial charge in [0.05, 0.1) is 41.4 Å². The molecule has 0 aliphatic rings. The first-order chi connectivity index (χ1) is 15.8. The van der Waals surface area contributed by atoms with E-state index in [1.807, 2.05) is 6.20 Å². The Bertz CT molecular complexity index is 1280. The molecule has 0 unspecified atom stereocenters. The summed E-state index contributed by atoms with van der Waals surface area (Å²) in [7, 11) is -2.38. The van der Waals surface area contributed by atoms with Crippen LogP contribution in [-0.2, 0) is 10.0 Å². The quantitative estimate of drug-likeness (QED) is 0.406. The molecule has 2 heterocycles. The molecule has 0 radical (unpaired) electrons. The SMILES string of the molecule is CCS(=O)(=O)Nc1cc(-c2cnc3cc(OC[C@H](C)O)c(SC(C)(C)C)cn23)cc(F)c1OC. The number of hydrogen-bond donors (Lipinski definition) is 2. The Morgan fingerprint density at radius 1 is 1.29 bits per heavy atom. The third-order valence-electron chi connectivity index (χ3n) is 4.66. The van der Waals surface area contributed by atoms with Gasteiger partial charge in [0, 0.05) is 22.6 Å². The Morgan fingerprint density at radius 3 is 2.59 bits per heavy atom. The molecule has 2 aromatic heterocycles. The number of benzene rings is 1. The predicted octanol–water partition coefficient (Wildman–Crippen LogP) is 4.56. The number of nitrogens with one attached hydrogen (secondary N) is 1. The van der Waals surface area contributed by atoms with Crippen LogP contribution >= 0.6 is 11.8 Å². The number of aliphatic hydroxyl groups is 1. The van der Waals surface area contributed by atoms with E-state index >= 15 is 0 Å². The standard InChI is InChI=1S/C23H30FN3O5S2/c1-7-34(29,30)26-17-9-15(8-16(24)22(17)31-6)18-11-25-21-10-19(32-13-14(2)28)20(12-27(18)21)33-23(3,4)5/h8-12,14,26,28H,7,13H2,1-6H3/t14-/m0/s1. The second kappa shape index (κ2) is 10.0. The highest BCUT2D eigenvalue weighted by atomic mass is 32.2. The predicted molar refractivity (Wildman–Crippen MR) is 133 cm³/mol. The lowest BCUT2D eigenvalue weighted by atomic mass is 10.1. The summed E-state index contributed by atoms with van der Waals surface area (Å²) in [5.74, 6) is -0.472. The molecule has 3 aromatic rings. The number of nitrogens with zero attached hydrogens (tertiary/aromatic N) is 2. The van der Waals surface area contributed by atoms with Crippen molar-refractivity contribution in [1.29, 1.82) is 0 Å². The van der Waals surface area contributed by atoms with Crippen LogP contribution in [0.25, 0.3) is 16.9 Å². The number of imidazole rings is 1. The molecule has 0 saturated carbocycles. The van der Waals surface area contributed by atoms with Gasteiger partial charge in [-0.3, -0.25) is 9.12 Å². The van der Waals surface area contributed by atoms with Crippen molar-refractivity contribution in [2.45, 2.75) is 50.4 Å². The van der Waals surface area contributed by atoms with Crippen LogP contribution in [0.1, 0.15) is 34.6 Å². The van der Waals surface area contributed by atoms with Gasteiger partial charge in [-0.1, -0.05) is 20.8 Å². The van der Waals surface area contributed by atoms with Crippen LogP contribution in [0.2, 0.25) is 0 Å². The van der Waals surface area contributed by atoms with Gasteiger partial charge >= 0.3 is 0 Å². The Labute approximate surface area is 203 Å². The number of aromatic nitrogens is 2. The Kier molecular flexibility index (Phi) is 7.69. The summed E-state index contributed by atoms with van der Waals surface area (Å²) in [6, 6.07) is 4.56. The average molecular weight is 512 g/mol. The second-order valence-corrected chi connectivity index (χ2v) is 12.7. The number of thioether (sulfide) groups is 1. The Morgan fingerprint density at radius 2 is 2.00 bits per heavy atom. The third kappa shape index (κ3) is 6.13. The summed E-state index contributed by atoms with van der Waals surface area (Å²) < 4.78 is 54.1. The zero-order valence-electron chi connectivity index (χ0n) is 20.0. The molecule has 1 atom stereocenters. The molecule has 1 aromatic carbocycles. The number of sulfonamides is 1. The van der Waals surface area contributed by atoms with Crippen LogP contribution in [0.5, 0.6) is 11.5 Å². The lowest BCUT2D eigenvalue weighted by Crippen LogP contribution is -2.15. The zero-order chi connectivity index (χ0) is 25.3. The molecule has 34 heavy (non-hydrogen) atoms. The molecule has 0 aliphatic heterocycles. The lowest BCUT2D eigenvalue weighted by molar-refractivity contribution is 0.121. The van der Waals surface area contributed by atoms with Crippen LogP contribution in [0.3, 0.4) is 0 Å². The van der Waals surface area contributed by atoms with Gasteiger partial charge in [-0.05, 0) is 26.0 Å². The molecule has 0 bridgehead atoms. The first kappa shape index (κ1) is 26.1. The third-order valence-corrected chi connectivity index (χ3v) is 7.09. The number of hydrogen-bond acceptors (Lipinski definition) is 7. The monoisotopic (exact) mass is 511 g/mol. The van der Waals surface area contributed by atoms with Gasteiger partial charge in [0.2, 0.25) is 10.0 Å². The van der Waals surface area contributed by atoms with Crippen molar-refractivity contribution in [3.8, 4) is 22.8 Å². The number of methoxy groups -OCH3 is 1. The Hall–Kier alpha value is -2.50. The van der Waals surface area contributed by atoms with Gasteiger partial charge in [-0.15, -0.1) is 11.8 Å². The van der Waals surface area contributed by atoms with Gasteiger partial charge in [0.25, 0.3) is 0 Å². The van der Waals surface area contributed by atoms with E-state index in [1.54, 1.807) is 35.3 Å². The van der Waals surface area contributed by atoms with Crippen LogP contribution in [0, 0.1) is 5.82 Å². The van der Waals surface area contributed by atoms with Crippen molar-refractivity contribution in [1.82, 2.24) is 9.38 Å². The number of fused-ring (bicyclic) bond motifs is 1. The lowest BCUT2D eigenvalue weighted by Gasteiger charge is -2.21. The van der Waals surface area contributed by atoms with E-state index in [9.17, 15) is 17.9 Å². The number of ether oxygens (including phenoxy) is 2. The van der Waals surface area contributed by atoms with Crippen LogP contribution < -0.4 is 14.2 Å². The van der Waals surface area contributed by atoms with Crippen LogP contribution in [0.15, 0.2) is 35.5 Å². The van der Waals surface area contributed by atoms with Crippen LogP contribution in [0.4, 0.5) is 10.1 Å². The minimum absolute atomic E-state index is 0.00970. The molecule has 0 spiro atoms. The maximum atomic E-state index is 14.9. The van der Waals surface area contributed by atoms with Gasteiger partial charge in [-0.2, -0.15) is 0 Å². The van der Waals surface area contributed by atoms with Crippen molar-refractivity contribution in [2.24, 2.45) is 0 Å². The topological polar surface area (TPSA) is 102 Å². The fraction of sp³-hybridized carbons (Fsp3) is 0.435. The maximum Gasteiger partial charge on any atom is 0.232 e. The van der Waals surface area contributed by atoms with Crippen LogP contribution in [-0.4, -0.2) is 53.2 Å². The number of rotatable bonds is 9. The summed E-state index contributed by atoms with van der Waals surface area (Å²) >= 11 is 1.58. The molecular weight excluding hydrogens is 481 g/mol. The summed E-state index contributed by atoms with van der Waals surface area (Å²) in [5, 5.41) is 9.65. The van der Waals surface area contributed by atoms with E-state index in [-0.39, 0.29) is 28.5 Å².